The maximum absolute atomic E-state index is 12.5. The molecule has 0 radical (unpaired) electrons. The summed E-state index contributed by atoms with van der Waals surface area (Å²) in [5, 5.41) is 13.5. The van der Waals surface area contributed by atoms with Crippen LogP contribution in [0.4, 0.5) is 11.5 Å². The minimum Gasteiger partial charge on any atom is -0.496 e. The number of anilines is 1. The Morgan fingerprint density at radius 1 is 0.969 bits per heavy atom. The third-order valence-electron chi connectivity index (χ3n) is 4.57. The average Bonchev–Trinajstić information content (AvgIpc) is 2.82. The second-order valence-corrected chi connectivity index (χ2v) is 6.49. The number of carbonyl (C=O) groups excluding carboxylic acids is 1. The van der Waals surface area contributed by atoms with E-state index in [-0.39, 0.29) is 17.3 Å². The second kappa shape index (κ2) is 8.96. The Labute approximate surface area is 182 Å². The van der Waals surface area contributed by atoms with Gasteiger partial charge in [-0.15, -0.1) is 0 Å². The summed E-state index contributed by atoms with van der Waals surface area (Å²) in [7, 11) is 1.44. The van der Waals surface area contributed by atoms with Gasteiger partial charge in [-0.3, -0.25) is 25.8 Å². The van der Waals surface area contributed by atoms with Gasteiger partial charge in [-0.25, -0.2) is 4.98 Å². The van der Waals surface area contributed by atoms with E-state index in [1.54, 1.807) is 36.4 Å². The van der Waals surface area contributed by atoms with E-state index in [2.05, 4.69) is 20.8 Å². The number of hydrogen-bond acceptors (Lipinski definition) is 8. The first kappa shape index (κ1) is 20.5. The molecule has 1 aromatic heterocycles. The zero-order valence-corrected chi connectivity index (χ0v) is 16.8. The Morgan fingerprint density at radius 3 is 2.50 bits per heavy atom. The largest absolute Gasteiger partial charge is 0.496 e. The van der Waals surface area contributed by atoms with Crippen LogP contribution in [0.2, 0.25) is 0 Å². The Hall–Kier alpha value is -4.73. The molecule has 0 fully saturated rings. The number of methoxy groups -OCH3 is 1. The van der Waals surface area contributed by atoms with Gasteiger partial charge in [0.15, 0.2) is 0 Å². The number of fused-ring (bicyclic) bond motifs is 1. The molecule has 2 N–H and O–H groups in total. The highest BCUT2D eigenvalue weighted by Gasteiger charge is 2.26. The van der Waals surface area contributed by atoms with Gasteiger partial charge in [0.2, 0.25) is 5.82 Å². The molecule has 0 unspecified atom stereocenters. The number of nitrogens with zero attached hydrogens (tertiary/aromatic N) is 3. The lowest BCUT2D eigenvalue weighted by Crippen LogP contribution is -2.30. The van der Waals surface area contributed by atoms with E-state index < -0.39 is 16.5 Å². The molecule has 0 aliphatic rings. The van der Waals surface area contributed by atoms with Gasteiger partial charge in [0.05, 0.1) is 17.6 Å². The van der Waals surface area contributed by atoms with Crippen molar-refractivity contribution in [3.05, 3.63) is 88.7 Å². The van der Waals surface area contributed by atoms with Crippen molar-refractivity contribution in [1.82, 2.24) is 15.4 Å². The van der Waals surface area contributed by atoms with Crippen LogP contribution in [0.5, 0.6) is 17.4 Å². The summed E-state index contributed by atoms with van der Waals surface area (Å²) in [6.45, 7) is 0. The van der Waals surface area contributed by atoms with Crippen LogP contribution in [0.25, 0.3) is 10.8 Å². The van der Waals surface area contributed by atoms with Crippen molar-refractivity contribution in [2.75, 3.05) is 12.5 Å². The number of para-hydroxylation sites is 1. The highest BCUT2D eigenvalue weighted by atomic mass is 16.6. The van der Waals surface area contributed by atoms with Crippen LogP contribution in [0, 0.1) is 10.1 Å². The average molecular weight is 431 g/mol. The number of carbonyl (C=O) groups is 1. The van der Waals surface area contributed by atoms with Crippen LogP contribution >= 0.6 is 0 Å². The van der Waals surface area contributed by atoms with Gasteiger partial charge in [0.1, 0.15) is 17.8 Å². The highest BCUT2D eigenvalue weighted by Crippen LogP contribution is 2.36. The number of amides is 1. The number of hydrogen-bond donors (Lipinski definition) is 2. The molecule has 4 aromatic rings. The van der Waals surface area contributed by atoms with E-state index in [9.17, 15) is 14.9 Å². The summed E-state index contributed by atoms with van der Waals surface area (Å²) in [5.74, 6) is -0.316. The number of nitrogens with one attached hydrogen (secondary N) is 2. The molecule has 0 atom stereocenters. The van der Waals surface area contributed by atoms with Crippen LogP contribution in [-0.2, 0) is 0 Å². The van der Waals surface area contributed by atoms with Crippen LogP contribution in [0.1, 0.15) is 10.4 Å². The molecule has 1 amide bonds. The number of nitro groups is 1. The lowest BCUT2D eigenvalue weighted by Gasteiger charge is -2.12. The Morgan fingerprint density at radius 2 is 1.69 bits per heavy atom. The predicted octanol–water partition coefficient (Wildman–Crippen LogP) is 4.10. The normalized spacial score (nSPS) is 10.4. The summed E-state index contributed by atoms with van der Waals surface area (Å²) in [6, 6.07) is 19.4. The predicted molar refractivity (Wildman–Crippen MR) is 117 cm³/mol. The smallest absolute Gasteiger partial charge is 0.374 e. The van der Waals surface area contributed by atoms with Gasteiger partial charge in [-0.2, -0.15) is 4.98 Å². The molecular weight excluding hydrogens is 414 g/mol. The van der Waals surface area contributed by atoms with E-state index in [0.717, 1.165) is 17.1 Å². The fraction of sp³-hybridized carbons (Fsp3) is 0.0455. The fourth-order valence-corrected chi connectivity index (χ4v) is 3.10. The molecule has 0 aliphatic carbocycles. The van der Waals surface area contributed by atoms with Crippen LogP contribution in [0.3, 0.4) is 0 Å². The van der Waals surface area contributed by atoms with Crippen molar-refractivity contribution in [3.63, 3.8) is 0 Å². The summed E-state index contributed by atoms with van der Waals surface area (Å²) >= 11 is 0. The topological polar surface area (TPSA) is 129 Å². The summed E-state index contributed by atoms with van der Waals surface area (Å²) in [4.78, 5) is 31.4. The summed E-state index contributed by atoms with van der Waals surface area (Å²) in [5.41, 5.74) is 4.58. The molecule has 0 aliphatic heterocycles. The van der Waals surface area contributed by atoms with Crippen LogP contribution in [-0.4, -0.2) is 27.9 Å². The molecule has 0 bridgehead atoms. The SMILES string of the molecule is COc1ccccc1C(=O)NNc1ncnc(Oc2cccc3ccccc23)c1[N+](=O)[O-]. The maximum Gasteiger partial charge on any atom is 0.374 e. The summed E-state index contributed by atoms with van der Waals surface area (Å²) in [6.07, 6.45) is 1.10. The van der Waals surface area contributed by atoms with Gasteiger partial charge in [-0.1, -0.05) is 48.5 Å². The van der Waals surface area contributed by atoms with E-state index >= 15 is 0 Å². The Bertz CT molecular complexity index is 1310. The molecule has 160 valence electrons. The minimum absolute atomic E-state index is 0.233. The molecule has 32 heavy (non-hydrogen) atoms. The molecule has 0 saturated carbocycles. The van der Waals surface area contributed by atoms with Crippen molar-refractivity contribution >= 4 is 28.2 Å². The van der Waals surface area contributed by atoms with Gasteiger partial charge in [0, 0.05) is 5.39 Å². The number of benzene rings is 3. The summed E-state index contributed by atoms with van der Waals surface area (Å²) < 4.78 is 10.9. The first-order valence-corrected chi connectivity index (χ1v) is 9.43. The molecular formula is C22H17N5O5. The highest BCUT2D eigenvalue weighted by molar-refractivity contribution is 5.97. The zero-order chi connectivity index (χ0) is 22.5. The molecule has 0 saturated heterocycles. The van der Waals surface area contributed by atoms with E-state index in [0.29, 0.717) is 11.5 Å². The first-order valence-electron chi connectivity index (χ1n) is 9.43. The van der Waals surface area contributed by atoms with E-state index in [4.69, 9.17) is 9.47 Å². The van der Waals surface area contributed by atoms with Crippen molar-refractivity contribution in [2.45, 2.75) is 0 Å². The number of ether oxygens (including phenoxy) is 2. The number of rotatable bonds is 7. The molecule has 0 spiro atoms. The molecule has 3 aromatic carbocycles. The van der Waals surface area contributed by atoms with Gasteiger partial charge in [0.25, 0.3) is 5.91 Å². The first-order chi connectivity index (χ1) is 15.6. The van der Waals surface area contributed by atoms with E-state index in [1.807, 2.05) is 30.3 Å². The Kier molecular flexibility index (Phi) is 5.75. The minimum atomic E-state index is -0.682. The standard InChI is InChI=1S/C22H17N5O5/c1-31-17-11-5-4-10-16(17)21(28)26-25-20-19(27(29)30)22(24-13-23-20)32-18-12-6-8-14-7-2-3-9-15(14)18/h2-13H,1H3,(H,26,28)(H,23,24,25). The van der Waals surface area contributed by atoms with Gasteiger partial charge in [-0.05, 0) is 23.6 Å². The second-order valence-electron chi connectivity index (χ2n) is 6.49. The third-order valence-corrected chi connectivity index (χ3v) is 4.57. The van der Waals surface area contributed by atoms with Crippen LogP contribution < -0.4 is 20.3 Å². The molecule has 10 heteroatoms. The molecule has 4 rings (SSSR count). The maximum atomic E-state index is 12.5. The fourth-order valence-electron chi connectivity index (χ4n) is 3.10. The van der Waals surface area contributed by atoms with Crippen LogP contribution in [0.15, 0.2) is 73.1 Å². The molecule has 10 nitrogen and oxygen atoms in total. The van der Waals surface area contributed by atoms with E-state index in [1.165, 1.54) is 7.11 Å². The zero-order valence-electron chi connectivity index (χ0n) is 16.8. The van der Waals surface area contributed by atoms with Crippen molar-refractivity contribution in [1.29, 1.82) is 0 Å². The van der Waals surface area contributed by atoms with Crippen molar-refractivity contribution in [2.24, 2.45) is 0 Å². The lowest BCUT2D eigenvalue weighted by molar-refractivity contribution is -0.385. The lowest BCUT2D eigenvalue weighted by atomic mass is 10.1. The quantitative estimate of drug-likeness (QED) is 0.331. The monoisotopic (exact) mass is 431 g/mol. The Balaban J connectivity index is 1.62. The number of aromatic nitrogens is 2. The van der Waals surface area contributed by atoms with Gasteiger partial charge >= 0.3 is 11.6 Å². The third kappa shape index (κ3) is 4.10. The molecule has 1 heterocycles. The van der Waals surface area contributed by atoms with Crippen molar-refractivity contribution < 1.29 is 19.2 Å². The van der Waals surface area contributed by atoms with Gasteiger partial charge < -0.3 is 9.47 Å². The van der Waals surface area contributed by atoms with Crippen molar-refractivity contribution in [3.8, 4) is 17.4 Å². The number of hydrazine groups is 1.